The molecule has 0 N–H and O–H groups in total. The molecule has 6 heteroatoms. The van der Waals surface area contributed by atoms with Gasteiger partial charge in [0.05, 0.1) is 11.9 Å². The van der Waals surface area contributed by atoms with E-state index in [4.69, 9.17) is 0 Å². The average Bonchev–Trinajstić information content (AvgIpc) is 3.27. The molecule has 0 bridgehead atoms. The lowest BCUT2D eigenvalue weighted by atomic mass is 10.1. The van der Waals surface area contributed by atoms with Crippen molar-refractivity contribution < 1.29 is 4.79 Å². The number of hydrogen-bond acceptors (Lipinski definition) is 3. The average molecular weight is 323 g/mol. The number of pyridine rings is 1. The lowest BCUT2D eigenvalue weighted by Gasteiger charge is -2.26. The van der Waals surface area contributed by atoms with E-state index in [1.54, 1.807) is 6.20 Å². The van der Waals surface area contributed by atoms with Crippen LogP contribution in [0.4, 0.5) is 0 Å². The maximum Gasteiger partial charge on any atom is 0.255 e. The first-order valence-electron chi connectivity index (χ1n) is 8.55. The van der Waals surface area contributed by atoms with E-state index in [1.165, 1.54) is 6.42 Å². The molecule has 0 atom stereocenters. The van der Waals surface area contributed by atoms with Crippen LogP contribution < -0.4 is 0 Å². The zero-order valence-electron chi connectivity index (χ0n) is 13.9. The minimum absolute atomic E-state index is 0.0899. The first-order chi connectivity index (χ1) is 11.8. The largest absolute Gasteiger partial charge is 0.339 e. The van der Waals surface area contributed by atoms with Crippen molar-refractivity contribution in [3.8, 4) is 5.82 Å². The van der Waals surface area contributed by atoms with Gasteiger partial charge in [-0.05, 0) is 38.3 Å². The Bertz CT molecular complexity index is 873. The zero-order valence-corrected chi connectivity index (χ0v) is 13.9. The summed E-state index contributed by atoms with van der Waals surface area (Å²) in [6.45, 7) is 4.67. The fourth-order valence-electron chi connectivity index (χ4n) is 3.25. The van der Waals surface area contributed by atoms with Gasteiger partial charge in [-0.3, -0.25) is 9.36 Å². The quantitative estimate of drug-likeness (QED) is 0.745. The molecule has 124 valence electrons. The molecular formula is C18H21N5O. The Kier molecular flexibility index (Phi) is 3.80. The lowest BCUT2D eigenvalue weighted by molar-refractivity contribution is 0.0724. The molecule has 0 saturated carbocycles. The van der Waals surface area contributed by atoms with Crippen molar-refractivity contribution in [2.75, 3.05) is 13.1 Å². The van der Waals surface area contributed by atoms with Crippen LogP contribution in [0.5, 0.6) is 0 Å². The van der Waals surface area contributed by atoms with Crippen LogP contribution in [0.3, 0.4) is 0 Å². The van der Waals surface area contributed by atoms with Crippen molar-refractivity contribution in [1.29, 1.82) is 0 Å². The van der Waals surface area contributed by atoms with Gasteiger partial charge >= 0.3 is 0 Å². The third-order valence-corrected chi connectivity index (χ3v) is 4.65. The van der Waals surface area contributed by atoms with Crippen molar-refractivity contribution in [3.05, 3.63) is 42.6 Å². The van der Waals surface area contributed by atoms with E-state index in [0.717, 1.165) is 49.3 Å². The summed E-state index contributed by atoms with van der Waals surface area (Å²) in [6.07, 6.45) is 10.9. The second kappa shape index (κ2) is 6.11. The van der Waals surface area contributed by atoms with Crippen LogP contribution in [0.15, 0.2) is 37.1 Å². The number of imidazole rings is 1. The van der Waals surface area contributed by atoms with E-state index in [9.17, 15) is 4.79 Å². The van der Waals surface area contributed by atoms with E-state index in [1.807, 2.05) is 44.9 Å². The van der Waals surface area contributed by atoms with Crippen molar-refractivity contribution in [3.63, 3.8) is 0 Å². The van der Waals surface area contributed by atoms with Crippen molar-refractivity contribution >= 4 is 16.9 Å². The molecule has 0 aromatic carbocycles. The Hall–Kier alpha value is -2.63. The van der Waals surface area contributed by atoms with Crippen LogP contribution >= 0.6 is 0 Å². The Balaban J connectivity index is 1.66. The minimum Gasteiger partial charge on any atom is -0.339 e. The van der Waals surface area contributed by atoms with Gasteiger partial charge in [-0.2, -0.15) is 0 Å². The summed E-state index contributed by atoms with van der Waals surface area (Å²) in [5.41, 5.74) is 1.49. The van der Waals surface area contributed by atoms with Crippen LogP contribution in [0, 0.1) is 0 Å². The summed E-state index contributed by atoms with van der Waals surface area (Å²) in [4.78, 5) is 23.5. The number of hydrogen-bond donors (Lipinski definition) is 0. The van der Waals surface area contributed by atoms with Crippen LogP contribution in [-0.2, 0) is 6.54 Å². The van der Waals surface area contributed by atoms with Gasteiger partial charge < -0.3 is 9.47 Å². The number of carbonyl (C=O) groups excluding carboxylic acids is 1. The summed E-state index contributed by atoms with van der Waals surface area (Å²) >= 11 is 0. The van der Waals surface area contributed by atoms with Gasteiger partial charge in [0, 0.05) is 43.6 Å². The van der Waals surface area contributed by atoms with Gasteiger partial charge in [-0.15, -0.1) is 0 Å². The summed E-state index contributed by atoms with van der Waals surface area (Å²) in [7, 11) is 0. The number of rotatable bonds is 3. The topological polar surface area (TPSA) is 56.0 Å². The van der Waals surface area contributed by atoms with Crippen LogP contribution in [0.1, 0.15) is 36.5 Å². The second-order valence-electron chi connectivity index (χ2n) is 6.24. The SMILES string of the molecule is CCn1cnc(-n2ccc3cc(C(=O)N4CCCCC4)cnc32)c1. The number of nitrogens with zero attached hydrogens (tertiary/aromatic N) is 5. The second-order valence-corrected chi connectivity index (χ2v) is 6.24. The van der Waals surface area contributed by atoms with Crippen LogP contribution in [0.2, 0.25) is 0 Å². The van der Waals surface area contributed by atoms with Gasteiger partial charge in [-0.25, -0.2) is 9.97 Å². The first-order valence-corrected chi connectivity index (χ1v) is 8.55. The van der Waals surface area contributed by atoms with Crippen molar-refractivity contribution in [2.45, 2.75) is 32.7 Å². The summed E-state index contributed by atoms with van der Waals surface area (Å²) in [6, 6.07) is 3.92. The number of fused-ring (bicyclic) bond motifs is 1. The fourth-order valence-corrected chi connectivity index (χ4v) is 3.25. The Morgan fingerprint density at radius 3 is 2.79 bits per heavy atom. The summed E-state index contributed by atoms with van der Waals surface area (Å²) in [5, 5.41) is 0.962. The molecule has 0 radical (unpaired) electrons. The van der Waals surface area contributed by atoms with Crippen molar-refractivity contribution in [2.24, 2.45) is 0 Å². The van der Waals surface area contributed by atoms with Crippen molar-refractivity contribution in [1.82, 2.24) is 24.0 Å². The molecule has 0 unspecified atom stereocenters. The molecule has 24 heavy (non-hydrogen) atoms. The molecule has 4 rings (SSSR count). The number of aromatic nitrogens is 4. The predicted molar refractivity (Wildman–Crippen MR) is 92.3 cm³/mol. The number of piperidine rings is 1. The number of aryl methyl sites for hydroxylation is 1. The summed E-state index contributed by atoms with van der Waals surface area (Å²) in [5.74, 6) is 0.932. The predicted octanol–water partition coefficient (Wildman–Crippen LogP) is 2.87. The monoisotopic (exact) mass is 323 g/mol. The molecule has 1 saturated heterocycles. The van der Waals surface area contributed by atoms with Crippen LogP contribution in [0.25, 0.3) is 16.9 Å². The molecule has 1 fully saturated rings. The van der Waals surface area contributed by atoms with Gasteiger partial charge in [0.15, 0.2) is 5.82 Å². The Morgan fingerprint density at radius 2 is 2.04 bits per heavy atom. The molecular weight excluding hydrogens is 302 g/mol. The molecule has 3 aromatic heterocycles. The molecule has 0 aliphatic carbocycles. The normalized spacial score (nSPS) is 15.1. The Labute approximate surface area is 140 Å². The number of amides is 1. The zero-order chi connectivity index (χ0) is 16.5. The van der Waals surface area contributed by atoms with E-state index in [-0.39, 0.29) is 5.91 Å². The summed E-state index contributed by atoms with van der Waals surface area (Å²) < 4.78 is 3.98. The molecule has 3 aromatic rings. The molecule has 0 spiro atoms. The highest BCUT2D eigenvalue weighted by Gasteiger charge is 2.19. The molecule has 1 aliphatic rings. The molecule has 6 nitrogen and oxygen atoms in total. The van der Waals surface area contributed by atoms with E-state index in [0.29, 0.717) is 5.56 Å². The van der Waals surface area contributed by atoms with E-state index >= 15 is 0 Å². The highest BCUT2D eigenvalue weighted by Crippen LogP contribution is 2.20. The molecule has 1 amide bonds. The fraction of sp³-hybridized carbons (Fsp3) is 0.389. The number of likely N-dealkylation sites (tertiary alicyclic amines) is 1. The minimum atomic E-state index is 0.0899. The van der Waals surface area contributed by atoms with Crippen LogP contribution in [-0.4, -0.2) is 43.0 Å². The maximum atomic E-state index is 12.6. The number of carbonyl (C=O) groups is 1. The smallest absolute Gasteiger partial charge is 0.255 e. The van der Waals surface area contributed by atoms with E-state index < -0.39 is 0 Å². The highest BCUT2D eigenvalue weighted by atomic mass is 16.2. The van der Waals surface area contributed by atoms with E-state index in [2.05, 4.69) is 16.9 Å². The van der Waals surface area contributed by atoms with Gasteiger partial charge in [-0.1, -0.05) is 0 Å². The third kappa shape index (κ3) is 2.58. The lowest BCUT2D eigenvalue weighted by Crippen LogP contribution is -2.35. The molecule has 4 heterocycles. The first kappa shape index (κ1) is 14.9. The van der Waals surface area contributed by atoms with Gasteiger partial charge in [0.2, 0.25) is 0 Å². The highest BCUT2D eigenvalue weighted by molar-refractivity contribution is 5.97. The standard InChI is InChI=1S/C18H21N5O/c1-2-21-12-16(20-13-21)23-9-6-14-10-15(11-19-17(14)23)18(24)22-7-4-3-5-8-22/h6,9-13H,2-5,7-8H2,1H3. The maximum absolute atomic E-state index is 12.6. The molecule has 1 aliphatic heterocycles. The van der Waals surface area contributed by atoms with Gasteiger partial charge in [0.25, 0.3) is 5.91 Å². The third-order valence-electron chi connectivity index (χ3n) is 4.65. The Morgan fingerprint density at radius 1 is 1.21 bits per heavy atom. The van der Waals surface area contributed by atoms with Gasteiger partial charge in [0.1, 0.15) is 5.65 Å².